The van der Waals surface area contributed by atoms with Crippen molar-refractivity contribution in [2.75, 3.05) is 17.7 Å². The molecule has 3 N–H and O–H groups in total. The second-order valence-electron chi connectivity index (χ2n) is 6.24. The van der Waals surface area contributed by atoms with Crippen LogP contribution in [0.3, 0.4) is 0 Å². The average Bonchev–Trinajstić information content (AvgIpc) is 2.69. The van der Waals surface area contributed by atoms with Gasteiger partial charge in [0.15, 0.2) is 0 Å². The van der Waals surface area contributed by atoms with Gasteiger partial charge in [-0.2, -0.15) is 0 Å². The van der Waals surface area contributed by atoms with E-state index >= 15 is 0 Å². The Hall–Kier alpha value is -2.97. The van der Waals surface area contributed by atoms with Crippen molar-refractivity contribution in [2.45, 2.75) is 24.0 Å². The number of benzene rings is 2. The molecule has 0 fully saturated rings. The Morgan fingerprint density at radius 3 is 2.30 bits per heavy atom. The number of hydrogen-bond donors (Lipinski definition) is 3. The van der Waals surface area contributed by atoms with E-state index < -0.39 is 11.9 Å². The Morgan fingerprint density at radius 1 is 1.10 bits per heavy atom. The predicted octanol–water partition coefficient (Wildman–Crippen LogP) is 4.44. The van der Waals surface area contributed by atoms with Gasteiger partial charge in [0.2, 0.25) is 11.8 Å². The topological polar surface area (TPSA) is 105 Å². The summed E-state index contributed by atoms with van der Waals surface area (Å²) in [5.74, 6) is -1.34. The van der Waals surface area contributed by atoms with E-state index in [-0.39, 0.29) is 16.7 Å². The molecule has 0 unspecified atom stereocenters. The van der Waals surface area contributed by atoms with Crippen LogP contribution in [0.2, 0.25) is 5.02 Å². The zero-order valence-corrected chi connectivity index (χ0v) is 18.1. The van der Waals surface area contributed by atoms with Gasteiger partial charge in [0.25, 0.3) is 0 Å². The number of amides is 2. The maximum atomic E-state index is 12.4. The monoisotopic (exact) mass is 448 g/mol. The summed E-state index contributed by atoms with van der Waals surface area (Å²) < 4.78 is 5.09. The molecule has 7 nitrogen and oxygen atoms in total. The zero-order chi connectivity index (χ0) is 22.3. The fraction of sp³-hybridized carbons (Fsp3) is 0.190. The highest BCUT2D eigenvalue weighted by molar-refractivity contribution is 8.00. The summed E-state index contributed by atoms with van der Waals surface area (Å²) in [4.78, 5) is 35.8. The number of halogens is 1. The Labute approximate surface area is 183 Å². The molecule has 0 aliphatic heterocycles. The van der Waals surface area contributed by atoms with E-state index in [1.54, 1.807) is 49.4 Å². The highest BCUT2D eigenvalue weighted by Gasteiger charge is 2.15. The first-order valence-electron chi connectivity index (χ1n) is 8.83. The van der Waals surface area contributed by atoms with Gasteiger partial charge in [-0.1, -0.05) is 11.6 Å². The number of carboxylic acids is 1. The molecule has 0 spiro atoms. The Bertz CT molecular complexity index is 976. The van der Waals surface area contributed by atoms with Gasteiger partial charge in [0, 0.05) is 27.9 Å². The molecular weight excluding hydrogens is 428 g/mol. The van der Waals surface area contributed by atoms with Crippen LogP contribution in [-0.4, -0.2) is 35.2 Å². The molecule has 0 aliphatic rings. The van der Waals surface area contributed by atoms with Crippen LogP contribution in [0.4, 0.5) is 11.4 Å². The van der Waals surface area contributed by atoms with Gasteiger partial charge in [-0.25, -0.2) is 4.79 Å². The van der Waals surface area contributed by atoms with Gasteiger partial charge in [-0.3, -0.25) is 9.59 Å². The lowest BCUT2D eigenvalue weighted by Crippen LogP contribution is -2.22. The molecule has 30 heavy (non-hydrogen) atoms. The summed E-state index contributed by atoms with van der Waals surface area (Å²) in [7, 11) is 1.52. The maximum Gasteiger partial charge on any atom is 0.331 e. The SMILES string of the molecule is COc1ccc(NC(=O)[C@@H](C)Sc2ccc(NC(=O)/C=C(/C)C(=O)O)cc2)cc1Cl. The number of nitrogens with one attached hydrogen (secondary N) is 2. The molecule has 2 aromatic carbocycles. The highest BCUT2D eigenvalue weighted by Crippen LogP contribution is 2.29. The molecule has 2 amide bonds. The van der Waals surface area contributed by atoms with Crippen molar-refractivity contribution in [1.82, 2.24) is 0 Å². The number of methoxy groups -OCH3 is 1. The van der Waals surface area contributed by atoms with Gasteiger partial charge < -0.3 is 20.5 Å². The van der Waals surface area contributed by atoms with Crippen LogP contribution >= 0.6 is 23.4 Å². The first kappa shape index (κ1) is 23.3. The van der Waals surface area contributed by atoms with E-state index in [4.69, 9.17) is 21.4 Å². The first-order chi connectivity index (χ1) is 14.2. The highest BCUT2D eigenvalue weighted by atomic mass is 35.5. The van der Waals surface area contributed by atoms with Crippen LogP contribution in [-0.2, 0) is 14.4 Å². The number of hydrogen-bond acceptors (Lipinski definition) is 5. The van der Waals surface area contributed by atoms with Crippen molar-refractivity contribution >= 4 is 52.5 Å². The second-order valence-corrected chi connectivity index (χ2v) is 8.07. The number of rotatable bonds is 8. The molecule has 0 heterocycles. The normalized spacial score (nSPS) is 12.1. The van der Waals surface area contributed by atoms with E-state index in [0.29, 0.717) is 22.1 Å². The number of aliphatic carboxylic acids is 1. The first-order valence-corrected chi connectivity index (χ1v) is 10.1. The van der Waals surface area contributed by atoms with E-state index in [1.165, 1.54) is 25.8 Å². The summed E-state index contributed by atoms with van der Waals surface area (Å²) >= 11 is 7.43. The number of ether oxygens (including phenoxy) is 1. The molecule has 0 saturated carbocycles. The molecule has 1 atom stereocenters. The van der Waals surface area contributed by atoms with Crippen LogP contribution in [0, 0.1) is 0 Å². The fourth-order valence-corrected chi connectivity index (χ4v) is 3.42. The summed E-state index contributed by atoms with van der Waals surface area (Å²) in [6, 6.07) is 11.9. The Kier molecular flexibility index (Phi) is 8.32. The van der Waals surface area contributed by atoms with Gasteiger partial charge in [-0.15, -0.1) is 11.8 Å². The molecule has 158 valence electrons. The predicted molar refractivity (Wildman–Crippen MR) is 118 cm³/mol. The van der Waals surface area contributed by atoms with Crippen LogP contribution in [0.25, 0.3) is 0 Å². The smallest absolute Gasteiger partial charge is 0.331 e. The zero-order valence-electron chi connectivity index (χ0n) is 16.6. The lowest BCUT2D eigenvalue weighted by molar-refractivity contribution is -0.132. The third-order valence-corrected chi connectivity index (χ3v) is 5.32. The summed E-state index contributed by atoms with van der Waals surface area (Å²) in [5, 5.41) is 14.2. The minimum Gasteiger partial charge on any atom is -0.495 e. The van der Waals surface area contributed by atoms with Crippen LogP contribution < -0.4 is 15.4 Å². The van der Waals surface area contributed by atoms with Crippen molar-refractivity contribution < 1.29 is 24.2 Å². The quantitative estimate of drug-likeness (QED) is 0.407. The molecule has 0 saturated heterocycles. The largest absolute Gasteiger partial charge is 0.495 e. The molecule has 2 aromatic rings. The minimum absolute atomic E-state index is 0.0577. The van der Waals surface area contributed by atoms with E-state index in [0.717, 1.165) is 11.0 Å². The maximum absolute atomic E-state index is 12.4. The number of anilines is 2. The van der Waals surface area contributed by atoms with E-state index in [1.807, 2.05) is 0 Å². The van der Waals surface area contributed by atoms with E-state index in [9.17, 15) is 14.4 Å². The van der Waals surface area contributed by atoms with Gasteiger partial charge in [0.05, 0.1) is 17.4 Å². The van der Waals surface area contributed by atoms with Crippen LogP contribution in [0.15, 0.2) is 59.0 Å². The van der Waals surface area contributed by atoms with Crippen molar-refractivity contribution in [3.8, 4) is 5.75 Å². The standard InChI is InChI=1S/C21H21ClN2O5S/c1-12(21(27)28)10-19(25)23-14-4-7-16(8-5-14)30-13(2)20(26)24-15-6-9-18(29-3)17(22)11-15/h4-11,13H,1-3H3,(H,23,25)(H,24,26)(H,27,28)/b12-10-/t13-/m1/s1. The second kappa shape index (κ2) is 10.7. The lowest BCUT2D eigenvalue weighted by Gasteiger charge is -2.13. The summed E-state index contributed by atoms with van der Waals surface area (Å²) in [6.07, 6.45) is 1.02. The molecule has 2 rings (SSSR count). The van der Waals surface area contributed by atoms with Crippen LogP contribution in [0.5, 0.6) is 5.75 Å². The van der Waals surface area contributed by atoms with Gasteiger partial charge >= 0.3 is 5.97 Å². The van der Waals surface area contributed by atoms with Crippen molar-refractivity contribution in [2.24, 2.45) is 0 Å². The molecule has 0 radical (unpaired) electrons. The minimum atomic E-state index is -1.15. The lowest BCUT2D eigenvalue weighted by atomic mass is 10.2. The van der Waals surface area contributed by atoms with Gasteiger partial charge in [0.1, 0.15) is 5.75 Å². The molecule has 9 heteroatoms. The third kappa shape index (κ3) is 6.82. The fourth-order valence-electron chi connectivity index (χ4n) is 2.30. The number of carbonyl (C=O) groups is 3. The summed E-state index contributed by atoms with van der Waals surface area (Å²) in [5.41, 5.74) is 1.03. The van der Waals surface area contributed by atoms with Crippen molar-refractivity contribution in [1.29, 1.82) is 0 Å². The van der Waals surface area contributed by atoms with Gasteiger partial charge in [-0.05, 0) is 56.3 Å². The number of thioether (sulfide) groups is 1. The van der Waals surface area contributed by atoms with Crippen molar-refractivity contribution in [3.05, 3.63) is 59.1 Å². The Balaban J connectivity index is 1.93. The molecule has 0 bridgehead atoms. The average molecular weight is 449 g/mol. The number of carboxylic acid groups (broad SMARTS) is 1. The molecule has 0 aromatic heterocycles. The van der Waals surface area contributed by atoms with E-state index in [2.05, 4.69) is 10.6 Å². The molecular formula is C21H21ClN2O5S. The number of carbonyl (C=O) groups excluding carboxylic acids is 2. The third-order valence-electron chi connectivity index (χ3n) is 3.91. The van der Waals surface area contributed by atoms with Crippen LogP contribution in [0.1, 0.15) is 13.8 Å². The Morgan fingerprint density at radius 2 is 1.73 bits per heavy atom. The summed E-state index contributed by atoms with van der Waals surface area (Å²) in [6.45, 7) is 3.12. The van der Waals surface area contributed by atoms with Crippen molar-refractivity contribution in [3.63, 3.8) is 0 Å². The molecule has 0 aliphatic carbocycles.